The average Bonchev–Trinajstić information content (AvgIpc) is 2.20. The minimum atomic E-state index is -0.304. The zero-order chi connectivity index (χ0) is 13.3. The molecule has 1 N–H and O–H groups in total. The SMILES string of the molecule is CC1=CCCC(/C=C/C(C)(C)C(C)O)C1(C)C. The fourth-order valence-electron chi connectivity index (χ4n) is 2.24. The van der Waals surface area contributed by atoms with Crippen LogP contribution in [0, 0.1) is 16.7 Å². The van der Waals surface area contributed by atoms with Crippen molar-refractivity contribution in [2.24, 2.45) is 16.7 Å². The molecule has 0 aromatic heterocycles. The molecule has 2 unspecified atom stereocenters. The quantitative estimate of drug-likeness (QED) is 0.723. The predicted octanol–water partition coefficient (Wildman–Crippen LogP) is 4.33. The van der Waals surface area contributed by atoms with E-state index < -0.39 is 0 Å². The molecule has 17 heavy (non-hydrogen) atoms. The molecule has 0 aromatic carbocycles. The number of aliphatic hydroxyl groups excluding tert-OH is 1. The lowest BCUT2D eigenvalue weighted by atomic mass is 9.67. The summed E-state index contributed by atoms with van der Waals surface area (Å²) in [6, 6.07) is 0. The van der Waals surface area contributed by atoms with Crippen molar-refractivity contribution >= 4 is 0 Å². The molecule has 0 aliphatic heterocycles. The molecule has 1 heteroatoms. The van der Waals surface area contributed by atoms with Gasteiger partial charge in [0.25, 0.3) is 0 Å². The van der Waals surface area contributed by atoms with Gasteiger partial charge in [-0.15, -0.1) is 0 Å². The summed E-state index contributed by atoms with van der Waals surface area (Å²) in [5.41, 5.74) is 1.61. The highest BCUT2D eigenvalue weighted by Crippen LogP contribution is 2.42. The highest BCUT2D eigenvalue weighted by atomic mass is 16.3. The van der Waals surface area contributed by atoms with Gasteiger partial charge in [0, 0.05) is 5.41 Å². The van der Waals surface area contributed by atoms with Crippen molar-refractivity contribution in [3.05, 3.63) is 23.8 Å². The van der Waals surface area contributed by atoms with Crippen molar-refractivity contribution < 1.29 is 5.11 Å². The van der Waals surface area contributed by atoms with E-state index in [0.29, 0.717) is 5.92 Å². The molecular formula is C16H28O. The number of rotatable bonds is 3. The van der Waals surface area contributed by atoms with Crippen LogP contribution >= 0.6 is 0 Å². The van der Waals surface area contributed by atoms with Gasteiger partial charge >= 0.3 is 0 Å². The van der Waals surface area contributed by atoms with Crippen LogP contribution in [0.1, 0.15) is 54.4 Å². The lowest BCUT2D eigenvalue weighted by Gasteiger charge is -2.38. The third-order valence-corrected chi connectivity index (χ3v) is 4.71. The van der Waals surface area contributed by atoms with Crippen LogP contribution in [0.25, 0.3) is 0 Å². The van der Waals surface area contributed by atoms with Crippen molar-refractivity contribution in [2.45, 2.75) is 60.5 Å². The molecular weight excluding hydrogens is 208 g/mol. The van der Waals surface area contributed by atoms with Gasteiger partial charge in [0.1, 0.15) is 0 Å². The minimum absolute atomic E-state index is 0.134. The summed E-state index contributed by atoms with van der Waals surface area (Å²) in [5, 5.41) is 9.73. The summed E-state index contributed by atoms with van der Waals surface area (Å²) in [4.78, 5) is 0. The lowest BCUT2D eigenvalue weighted by Crippen LogP contribution is -2.28. The average molecular weight is 236 g/mol. The van der Waals surface area contributed by atoms with E-state index >= 15 is 0 Å². The Morgan fingerprint density at radius 3 is 2.59 bits per heavy atom. The maximum atomic E-state index is 9.73. The lowest BCUT2D eigenvalue weighted by molar-refractivity contribution is 0.0987. The van der Waals surface area contributed by atoms with E-state index in [4.69, 9.17) is 0 Å². The van der Waals surface area contributed by atoms with E-state index in [1.54, 1.807) is 0 Å². The van der Waals surface area contributed by atoms with Gasteiger partial charge in [0.15, 0.2) is 0 Å². The van der Waals surface area contributed by atoms with Crippen LogP contribution in [-0.2, 0) is 0 Å². The van der Waals surface area contributed by atoms with E-state index in [9.17, 15) is 5.11 Å². The Morgan fingerprint density at radius 1 is 1.47 bits per heavy atom. The molecule has 0 bridgehead atoms. The number of aliphatic hydroxyl groups is 1. The van der Waals surface area contributed by atoms with E-state index in [0.717, 1.165) is 0 Å². The molecule has 0 saturated heterocycles. The Bertz CT molecular complexity index is 318. The Balaban J connectivity index is 2.83. The molecule has 1 rings (SSSR count). The van der Waals surface area contributed by atoms with Gasteiger partial charge in [-0.2, -0.15) is 0 Å². The van der Waals surface area contributed by atoms with Crippen LogP contribution in [0.5, 0.6) is 0 Å². The van der Waals surface area contributed by atoms with Crippen molar-refractivity contribution in [3.63, 3.8) is 0 Å². The second kappa shape index (κ2) is 4.97. The summed E-state index contributed by atoms with van der Waals surface area (Å²) in [5.74, 6) is 0.588. The van der Waals surface area contributed by atoms with Crippen molar-refractivity contribution in [1.29, 1.82) is 0 Å². The molecule has 1 aliphatic carbocycles. The molecule has 0 fully saturated rings. The fourth-order valence-corrected chi connectivity index (χ4v) is 2.24. The van der Waals surface area contributed by atoms with Crippen molar-refractivity contribution in [3.8, 4) is 0 Å². The van der Waals surface area contributed by atoms with Crippen LogP contribution in [-0.4, -0.2) is 11.2 Å². The normalized spacial score (nSPS) is 27.0. The Labute approximate surface area is 107 Å². The summed E-state index contributed by atoms with van der Waals surface area (Å²) >= 11 is 0. The third kappa shape index (κ3) is 3.22. The molecule has 98 valence electrons. The van der Waals surface area contributed by atoms with Crippen molar-refractivity contribution in [1.82, 2.24) is 0 Å². The first-order valence-corrected chi connectivity index (χ1v) is 6.72. The highest BCUT2D eigenvalue weighted by molar-refractivity contribution is 5.19. The smallest absolute Gasteiger partial charge is 0.0597 e. The van der Waals surface area contributed by atoms with Crippen LogP contribution < -0.4 is 0 Å². The zero-order valence-electron chi connectivity index (χ0n) is 12.2. The second-order valence-corrected chi connectivity index (χ2v) is 6.65. The van der Waals surface area contributed by atoms with Gasteiger partial charge in [0.05, 0.1) is 6.10 Å². The standard InChI is InChI=1S/C16H28O/c1-12-8-7-9-14(16(12,5)6)10-11-15(3,4)13(2)17/h8,10-11,13-14,17H,7,9H2,1-6H3/b11-10+. The summed E-state index contributed by atoms with van der Waals surface area (Å²) in [6.45, 7) is 12.9. The summed E-state index contributed by atoms with van der Waals surface area (Å²) in [7, 11) is 0. The van der Waals surface area contributed by atoms with E-state index in [1.165, 1.54) is 18.4 Å². The van der Waals surface area contributed by atoms with Gasteiger partial charge in [-0.3, -0.25) is 0 Å². The molecule has 0 saturated carbocycles. The topological polar surface area (TPSA) is 20.2 Å². The minimum Gasteiger partial charge on any atom is -0.393 e. The molecule has 0 aromatic rings. The highest BCUT2D eigenvalue weighted by Gasteiger charge is 2.32. The zero-order valence-corrected chi connectivity index (χ0v) is 12.2. The first-order chi connectivity index (χ1) is 7.68. The van der Waals surface area contributed by atoms with Gasteiger partial charge in [-0.1, -0.05) is 51.5 Å². The Hall–Kier alpha value is -0.560. The molecule has 1 nitrogen and oxygen atoms in total. The Kier molecular flexibility index (Phi) is 4.24. The molecule has 0 radical (unpaired) electrons. The van der Waals surface area contributed by atoms with Gasteiger partial charge < -0.3 is 5.11 Å². The maximum Gasteiger partial charge on any atom is 0.0597 e. The Morgan fingerprint density at radius 2 is 2.06 bits per heavy atom. The van der Waals surface area contributed by atoms with Crippen molar-refractivity contribution in [2.75, 3.05) is 0 Å². The fraction of sp³-hybridized carbons (Fsp3) is 0.750. The molecule has 1 aliphatic rings. The molecule has 0 spiro atoms. The van der Waals surface area contributed by atoms with Gasteiger partial charge in [0.2, 0.25) is 0 Å². The molecule has 0 amide bonds. The molecule has 2 atom stereocenters. The predicted molar refractivity (Wildman–Crippen MR) is 74.9 cm³/mol. The van der Waals surface area contributed by atoms with E-state index in [-0.39, 0.29) is 16.9 Å². The van der Waals surface area contributed by atoms with Gasteiger partial charge in [-0.05, 0) is 38.0 Å². The monoisotopic (exact) mass is 236 g/mol. The largest absolute Gasteiger partial charge is 0.393 e. The maximum absolute atomic E-state index is 9.73. The molecule has 0 heterocycles. The number of hydrogen-bond acceptors (Lipinski definition) is 1. The summed E-state index contributed by atoms with van der Waals surface area (Å²) < 4.78 is 0. The van der Waals surface area contributed by atoms with Crippen LogP contribution in [0.4, 0.5) is 0 Å². The van der Waals surface area contributed by atoms with Crippen LogP contribution in [0.2, 0.25) is 0 Å². The number of allylic oxidation sites excluding steroid dienone is 3. The third-order valence-electron chi connectivity index (χ3n) is 4.71. The van der Waals surface area contributed by atoms with Crippen LogP contribution in [0.15, 0.2) is 23.8 Å². The second-order valence-electron chi connectivity index (χ2n) is 6.65. The first kappa shape index (κ1) is 14.5. The van der Waals surface area contributed by atoms with Gasteiger partial charge in [-0.25, -0.2) is 0 Å². The summed E-state index contributed by atoms with van der Waals surface area (Å²) in [6.07, 6.45) is 8.98. The number of hydrogen-bond donors (Lipinski definition) is 1. The van der Waals surface area contributed by atoms with E-state index in [1.807, 2.05) is 6.92 Å². The van der Waals surface area contributed by atoms with E-state index in [2.05, 4.69) is 52.8 Å². The first-order valence-electron chi connectivity index (χ1n) is 6.72. The van der Waals surface area contributed by atoms with Crippen LogP contribution in [0.3, 0.4) is 0 Å².